The van der Waals surface area contributed by atoms with Crippen molar-refractivity contribution >= 4 is 17.0 Å². The molecule has 0 radical (unpaired) electrons. The summed E-state index contributed by atoms with van der Waals surface area (Å²) in [6.45, 7) is 12.3. The molecule has 1 aromatic heterocycles. The fourth-order valence-electron chi connectivity index (χ4n) is 5.94. The molecule has 1 aliphatic rings. The summed E-state index contributed by atoms with van der Waals surface area (Å²) in [7, 11) is 0. The molecule has 33 heavy (non-hydrogen) atoms. The van der Waals surface area contributed by atoms with E-state index in [-0.39, 0.29) is 17.7 Å². The average Bonchev–Trinajstić information content (AvgIpc) is 2.81. The molecule has 3 unspecified atom stereocenters. The number of aromatic nitrogens is 2. The molecule has 5 atom stereocenters. The van der Waals surface area contributed by atoms with Gasteiger partial charge in [0.2, 0.25) is 5.69 Å². The van der Waals surface area contributed by atoms with Crippen LogP contribution in [0.3, 0.4) is 0 Å². The molecule has 0 aliphatic carbocycles. The van der Waals surface area contributed by atoms with Crippen molar-refractivity contribution in [3.8, 4) is 0 Å². The van der Waals surface area contributed by atoms with E-state index in [1.54, 1.807) is 10.6 Å². The van der Waals surface area contributed by atoms with E-state index in [9.17, 15) is 14.7 Å². The highest BCUT2D eigenvalue weighted by Gasteiger charge is 2.40. The number of carbonyl (C=O) groups is 1. The maximum absolute atomic E-state index is 13.3. The van der Waals surface area contributed by atoms with E-state index in [4.69, 9.17) is 0 Å². The van der Waals surface area contributed by atoms with Crippen LogP contribution in [0.15, 0.2) is 29.1 Å². The number of fused-ring (bicyclic) bond motifs is 1. The second kappa shape index (κ2) is 11.3. The number of benzene rings is 1. The van der Waals surface area contributed by atoms with Gasteiger partial charge >= 0.3 is 5.97 Å². The van der Waals surface area contributed by atoms with Crippen LogP contribution in [0, 0.1) is 11.8 Å². The molecule has 6 nitrogen and oxygen atoms in total. The van der Waals surface area contributed by atoms with Gasteiger partial charge in [-0.05, 0) is 50.2 Å². The van der Waals surface area contributed by atoms with Crippen molar-refractivity contribution in [2.75, 3.05) is 6.54 Å². The molecule has 182 valence electrons. The van der Waals surface area contributed by atoms with E-state index in [0.29, 0.717) is 23.5 Å². The normalized spacial score (nSPS) is 23.5. The Morgan fingerprint density at radius 1 is 1.21 bits per heavy atom. The summed E-state index contributed by atoms with van der Waals surface area (Å²) in [6.07, 6.45) is 7.92. The van der Waals surface area contributed by atoms with Crippen LogP contribution in [0.5, 0.6) is 0 Å². The highest BCUT2D eigenvalue weighted by molar-refractivity contribution is 5.88. The summed E-state index contributed by atoms with van der Waals surface area (Å²) in [5.74, 6) is -0.367. The third-order valence-electron chi connectivity index (χ3n) is 7.95. The Balaban J connectivity index is 2.01. The van der Waals surface area contributed by atoms with Crippen LogP contribution in [0.2, 0.25) is 0 Å². The predicted octanol–water partition coefficient (Wildman–Crippen LogP) is 5.75. The maximum atomic E-state index is 13.3. The number of hydrogen-bond donors (Lipinski definition) is 1. The Bertz CT molecular complexity index is 1000. The molecule has 3 rings (SSSR count). The summed E-state index contributed by atoms with van der Waals surface area (Å²) in [5, 5.41) is 9.64. The highest BCUT2D eigenvalue weighted by Crippen LogP contribution is 2.39. The molecule has 2 aromatic rings. The topological polar surface area (TPSA) is 75.4 Å². The van der Waals surface area contributed by atoms with Crippen molar-refractivity contribution in [1.29, 1.82) is 0 Å². The fraction of sp³-hybridized carbons (Fsp3) is 0.667. The molecule has 6 heteroatoms. The van der Waals surface area contributed by atoms with Crippen LogP contribution in [0.25, 0.3) is 11.0 Å². The van der Waals surface area contributed by atoms with Gasteiger partial charge in [-0.2, -0.15) is 0 Å². The van der Waals surface area contributed by atoms with Gasteiger partial charge in [0, 0.05) is 24.7 Å². The number of likely N-dealkylation sites (tertiary alicyclic amines) is 1. The van der Waals surface area contributed by atoms with Crippen LogP contribution < -0.4 is 5.56 Å². The number of nitrogens with zero attached hydrogens (tertiary/aromatic N) is 3. The molecule has 0 amide bonds. The minimum absolute atomic E-state index is 0.0343. The first-order chi connectivity index (χ1) is 15.8. The third-order valence-corrected chi connectivity index (χ3v) is 7.95. The lowest BCUT2D eigenvalue weighted by Crippen LogP contribution is -2.55. The minimum Gasteiger partial charge on any atom is -0.476 e. The van der Waals surface area contributed by atoms with E-state index in [1.165, 1.54) is 25.7 Å². The van der Waals surface area contributed by atoms with Crippen LogP contribution in [-0.2, 0) is 0 Å². The number of hydrogen-bond acceptors (Lipinski definition) is 4. The molecule has 0 bridgehead atoms. The summed E-state index contributed by atoms with van der Waals surface area (Å²) in [4.78, 5) is 32.0. The monoisotopic (exact) mass is 455 g/mol. The summed E-state index contributed by atoms with van der Waals surface area (Å²) in [6, 6.07) is 8.26. The number of aromatic carboxylic acids is 1. The van der Waals surface area contributed by atoms with Gasteiger partial charge in [-0.15, -0.1) is 0 Å². The summed E-state index contributed by atoms with van der Waals surface area (Å²) >= 11 is 0. The number of rotatable bonds is 10. The van der Waals surface area contributed by atoms with Gasteiger partial charge in [0.05, 0.1) is 11.0 Å². The van der Waals surface area contributed by atoms with Crippen LogP contribution >= 0.6 is 0 Å². The minimum atomic E-state index is -1.26. The predicted molar refractivity (Wildman–Crippen MR) is 134 cm³/mol. The molecule has 1 fully saturated rings. The van der Waals surface area contributed by atoms with E-state index in [2.05, 4.69) is 44.5 Å². The van der Waals surface area contributed by atoms with Gasteiger partial charge in [0.25, 0.3) is 5.56 Å². The van der Waals surface area contributed by atoms with Gasteiger partial charge in [0.15, 0.2) is 0 Å². The summed E-state index contributed by atoms with van der Waals surface area (Å²) < 4.78 is 1.75. The molecule has 0 saturated carbocycles. The van der Waals surface area contributed by atoms with Crippen LogP contribution in [0.1, 0.15) is 96.1 Å². The first-order valence-electron chi connectivity index (χ1n) is 12.9. The van der Waals surface area contributed by atoms with Crippen molar-refractivity contribution < 1.29 is 9.90 Å². The lowest BCUT2D eigenvalue weighted by molar-refractivity contribution is 0.00448. The Hall–Kier alpha value is -2.21. The maximum Gasteiger partial charge on any atom is 0.360 e. The quantitative estimate of drug-likeness (QED) is 0.462. The number of para-hydroxylation sites is 2. The van der Waals surface area contributed by atoms with Crippen molar-refractivity contribution in [1.82, 2.24) is 14.5 Å². The summed E-state index contributed by atoms with van der Waals surface area (Å²) in [5.41, 5.74) is 0.442. The molecule has 2 heterocycles. The molecular formula is C27H41N3O3. The Labute approximate surface area is 198 Å². The molecule has 1 N–H and O–H groups in total. The third kappa shape index (κ3) is 5.16. The van der Waals surface area contributed by atoms with Crippen LogP contribution in [0.4, 0.5) is 0 Å². The second-order valence-corrected chi connectivity index (χ2v) is 9.78. The molecular weight excluding hydrogens is 414 g/mol. The Kier molecular flexibility index (Phi) is 8.69. The van der Waals surface area contributed by atoms with Gasteiger partial charge in [-0.1, -0.05) is 65.5 Å². The van der Waals surface area contributed by atoms with E-state index >= 15 is 0 Å². The molecule has 1 aliphatic heterocycles. The second-order valence-electron chi connectivity index (χ2n) is 9.78. The molecule has 1 saturated heterocycles. The fourth-order valence-corrected chi connectivity index (χ4v) is 5.94. The number of piperidine rings is 1. The van der Waals surface area contributed by atoms with Gasteiger partial charge in [-0.3, -0.25) is 9.69 Å². The molecule has 0 spiro atoms. The smallest absolute Gasteiger partial charge is 0.360 e. The van der Waals surface area contributed by atoms with Crippen molar-refractivity contribution in [3.63, 3.8) is 0 Å². The largest absolute Gasteiger partial charge is 0.476 e. The van der Waals surface area contributed by atoms with Crippen molar-refractivity contribution in [2.45, 2.75) is 97.7 Å². The van der Waals surface area contributed by atoms with E-state index < -0.39 is 11.5 Å². The number of carboxylic acids is 1. The Morgan fingerprint density at radius 2 is 1.94 bits per heavy atom. The number of unbranched alkanes of at least 4 members (excludes halogenated alkanes) is 2. The highest BCUT2D eigenvalue weighted by atomic mass is 16.4. The SMILES string of the molecule is CCCCC[C@@H](C(C)CC)N1CC[C@@H](n2c(=O)c(C(=O)O)nc3ccccc32)C(CC)C1C. The van der Waals surface area contributed by atoms with Crippen molar-refractivity contribution in [3.05, 3.63) is 40.3 Å². The average molecular weight is 456 g/mol. The zero-order chi connectivity index (χ0) is 24.1. The molecule has 1 aromatic carbocycles. The van der Waals surface area contributed by atoms with Gasteiger partial charge in [-0.25, -0.2) is 9.78 Å². The number of carboxylic acid groups (broad SMARTS) is 1. The first kappa shape index (κ1) is 25.4. The van der Waals surface area contributed by atoms with E-state index in [0.717, 1.165) is 31.3 Å². The van der Waals surface area contributed by atoms with Gasteiger partial charge < -0.3 is 9.67 Å². The van der Waals surface area contributed by atoms with Crippen molar-refractivity contribution in [2.24, 2.45) is 11.8 Å². The first-order valence-corrected chi connectivity index (χ1v) is 12.9. The lowest BCUT2D eigenvalue weighted by atomic mass is 9.80. The standard InChI is InChI=1S/C27H41N3O3/c1-6-9-10-14-22(18(4)7-2)29-17-16-23(20(8-3)19(29)5)30-24-15-12-11-13-21(24)28-25(26(30)31)27(32)33/h11-13,15,18-20,22-23H,6-10,14,16-17H2,1-5H3,(H,32,33)/t18?,19?,20?,22-,23+/m0/s1. The van der Waals surface area contributed by atoms with Crippen LogP contribution in [-0.4, -0.2) is 44.2 Å². The zero-order valence-corrected chi connectivity index (χ0v) is 21.0. The zero-order valence-electron chi connectivity index (χ0n) is 21.0. The lowest BCUT2D eigenvalue weighted by Gasteiger charge is -2.49. The Morgan fingerprint density at radius 3 is 2.58 bits per heavy atom. The van der Waals surface area contributed by atoms with Gasteiger partial charge in [0.1, 0.15) is 0 Å². The van der Waals surface area contributed by atoms with E-state index in [1.807, 2.05) is 18.2 Å².